The van der Waals surface area contributed by atoms with Crippen molar-refractivity contribution < 1.29 is 9.13 Å². The van der Waals surface area contributed by atoms with Gasteiger partial charge in [-0.25, -0.2) is 9.37 Å². The second-order valence-corrected chi connectivity index (χ2v) is 7.33. The molecule has 3 heterocycles. The molecule has 0 fully saturated rings. The van der Waals surface area contributed by atoms with Crippen LogP contribution in [0, 0.1) is 12.7 Å². The fourth-order valence-corrected chi connectivity index (χ4v) is 3.82. The van der Waals surface area contributed by atoms with E-state index >= 15 is 4.39 Å². The maximum absolute atomic E-state index is 15.7. The highest BCUT2D eigenvalue weighted by Gasteiger charge is 2.27. The lowest BCUT2D eigenvalue weighted by Gasteiger charge is -2.17. The van der Waals surface area contributed by atoms with Gasteiger partial charge in [0.1, 0.15) is 11.6 Å². The van der Waals surface area contributed by atoms with Crippen molar-refractivity contribution in [2.24, 2.45) is 0 Å². The predicted octanol–water partition coefficient (Wildman–Crippen LogP) is 3.80. The number of hydrogen-bond donors (Lipinski definition) is 3. The Bertz CT molecular complexity index is 927. The van der Waals surface area contributed by atoms with E-state index in [1.807, 2.05) is 19.1 Å². The first-order valence-corrected chi connectivity index (χ1v) is 9.78. The van der Waals surface area contributed by atoms with Crippen LogP contribution < -0.4 is 20.7 Å². The van der Waals surface area contributed by atoms with Crippen molar-refractivity contribution in [2.75, 3.05) is 30.8 Å². The van der Waals surface area contributed by atoms with Crippen molar-refractivity contribution in [3.05, 3.63) is 40.8 Å². The minimum atomic E-state index is -0.308. The normalized spacial score (nSPS) is 18.7. The number of aryl methyl sites for hydroxylation is 1. The van der Waals surface area contributed by atoms with Gasteiger partial charge >= 0.3 is 0 Å². The third-order valence-electron chi connectivity index (χ3n) is 5.13. The molecule has 0 aliphatic carbocycles. The van der Waals surface area contributed by atoms with Gasteiger partial charge in [0.25, 0.3) is 0 Å². The van der Waals surface area contributed by atoms with Crippen molar-refractivity contribution in [3.8, 4) is 5.75 Å². The zero-order valence-electron chi connectivity index (χ0n) is 16.5. The van der Waals surface area contributed by atoms with Crippen LogP contribution in [0.4, 0.5) is 21.8 Å². The summed E-state index contributed by atoms with van der Waals surface area (Å²) in [4.78, 5) is 8.79. The van der Waals surface area contributed by atoms with E-state index < -0.39 is 0 Å². The van der Waals surface area contributed by atoms with Gasteiger partial charge in [-0.15, -0.1) is 0 Å². The average Bonchev–Trinajstić information content (AvgIpc) is 3.01. The summed E-state index contributed by atoms with van der Waals surface area (Å²) in [7, 11) is 1.80. The molecule has 6 nitrogen and oxygen atoms in total. The zero-order valence-corrected chi connectivity index (χ0v) is 16.5. The summed E-state index contributed by atoms with van der Waals surface area (Å²) in [6, 6.07) is 3.86. The van der Waals surface area contributed by atoms with Gasteiger partial charge in [-0.1, -0.05) is 6.08 Å². The Morgan fingerprint density at radius 2 is 2.11 bits per heavy atom. The molecule has 2 aliphatic heterocycles. The SMILES string of the molecule is CNc1cc(C)nc(Nc2cc3c(c(C4=CC(C)NCCC4)c2F)OCC3)n1. The number of halogens is 1. The van der Waals surface area contributed by atoms with Crippen LogP contribution in [0.1, 0.15) is 36.6 Å². The molecular formula is C21H26FN5O. The number of anilines is 3. The van der Waals surface area contributed by atoms with Gasteiger partial charge in [0.2, 0.25) is 5.95 Å². The van der Waals surface area contributed by atoms with Crippen LogP contribution in [0.3, 0.4) is 0 Å². The lowest BCUT2D eigenvalue weighted by atomic mass is 9.95. The molecule has 0 amide bonds. The molecule has 0 saturated carbocycles. The fraction of sp³-hybridized carbons (Fsp3) is 0.429. The summed E-state index contributed by atoms with van der Waals surface area (Å²) in [5.74, 6) is 1.44. The standard InChI is InChI=1S/C21H26FN5O/c1-12-9-14(5-4-7-24-12)18-19(22)16(11-15-6-8-28-20(15)18)26-21-25-13(2)10-17(23-3)27-21/h9-12,24H,4-8H2,1-3H3,(H2,23,25,26,27). The van der Waals surface area contributed by atoms with E-state index in [0.29, 0.717) is 35.4 Å². The van der Waals surface area contributed by atoms with Crippen molar-refractivity contribution in [1.82, 2.24) is 15.3 Å². The molecule has 1 unspecified atom stereocenters. The number of nitrogens with zero attached hydrogens (tertiary/aromatic N) is 2. The lowest BCUT2D eigenvalue weighted by molar-refractivity contribution is 0.354. The second kappa shape index (κ2) is 7.75. The van der Waals surface area contributed by atoms with Gasteiger partial charge in [-0.05, 0) is 44.9 Å². The Kier molecular flexibility index (Phi) is 5.17. The third kappa shape index (κ3) is 3.67. The second-order valence-electron chi connectivity index (χ2n) is 7.33. The van der Waals surface area contributed by atoms with Gasteiger partial charge in [0.15, 0.2) is 5.82 Å². The number of fused-ring (bicyclic) bond motifs is 1. The smallest absolute Gasteiger partial charge is 0.229 e. The van der Waals surface area contributed by atoms with Gasteiger partial charge in [0.05, 0.1) is 17.9 Å². The number of benzene rings is 1. The Morgan fingerprint density at radius 1 is 1.25 bits per heavy atom. The maximum Gasteiger partial charge on any atom is 0.229 e. The molecule has 28 heavy (non-hydrogen) atoms. The average molecular weight is 383 g/mol. The molecular weight excluding hydrogens is 357 g/mol. The van der Waals surface area contributed by atoms with Gasteiger partial charge in [-0.3, -0.25) is 0 Å². The predicted molar refractivity (Wildman–Crippen MR) is 110 cm³/mol. The number of ether oxygens (including phenoxy) is 1. The first-order valence-electron chi connectivity index (χ1n) is 9.78. The molecule has 1 atom stereocenters. The van der Waals surface area contributed by atoms with Crippen molar-refractivity contribution in [1.29, 1.82) is 0 Å². The summed E-state index contributed by atoms with van der Waals surface area (Å²) < 4.78 is 21.5. The van der Waals surface area contributed by atoms with Crippen LogP contribution in [0.2, 0.25) is 0 Å². The third-order valence-corrected chi connectivity index (χ3v) is 5.13. The Balaban J connectivity index is 1.78. The molecule has 148 valence electrons. The highest BCUT2D eigenvalue weighted by atomic mass is 19.1. The molecule has 7 heteroatoms. The monoisotopic (exact) mass is 383 g/mol. The first-order chi connectivity index (χ1) is 13.5. The molecule has 3 N–H and O–H groups in total. The van der Waals surface area contributed by atoms with Crippen molar-refractivity contribution in [3.63, 3.8) is 0 Å². The molecule has 2 aromatic rings. The van der Waals surface area contributed by atoms with E-state index in [4.69, 9.17) is 4.74 Å². The Labute approximate surface area is 164 Å². The van der Waals surface area contributed by atoms with Gasteiger partial charge < -0.3 is 20.7 Å². The largest absolute Gasteiger partial charge is 0.492 e. The summed E-state index contributed by atoms with van der Waals surface area (Å²) in [5, 5.41) is 9.51. The van der Waals surface area contributed by atoms with Crippen LogP contribution in [0.5, 0.6) is 5.75 Å². The quantitative estimate of drug-likeness (QED) is 0.746. The number of rotatable bonds is 4. The number of allylic oxidation sites excluding steroid dienone is 1. The molecule has 0 saturated heterocycles. The van der Waals surface area contributed by atoms with Gasteiger partial charge in [0, 0.05) is 36.8 Å². The van der Waals surface area contributed by atoms with E-state index in [1.54, 1.807) is 7.05 Å². The van der Waals surface area contributed by atoms with E-state index in [1.165, 1.54) is 0 Å². The summed E-state index contributed by atoms with van der Waals surface area (Å²) in [5.41, 5.74) is 3.79. The van der Waals surface area contributed by atoms with E-state index in [2.05, 4.69) is 38.9 Å². The van der Waals surface area contributed by atoms with Crippen LogP contribution in [0.25, 0.3) is 5.57 Å². The van der Waals surface area contributed by atoms with Crippen LogP contribution in [-0.4, -0.2) is 36.2 Å². The number of nitrogens with one attached hydrogen (secondary N) is 3. The molecule has 0 radical (unpaired) electrons. The minimum Gasteiger partial charge on any atom is -0.492 e. The first kappa shape index (κ1) is 18.7. The summed E-state index contributed by atoms with van der Waals surface area (Å²) in [6.45, 7) is 5.48. The molecule has 0 bridgehead atoms. The summed E-state index contributed by atoms with van der Waals surface area (Å²) in [6.07, 6.45) is 4.67. The highest BCUT2D eigenvalue weighted by molar-refractivity contribution is 5.78. The highest BCUT2D eigenvalue weighted by Crippen LogP contribution is 2.42. The van der Waals surface area contributed by atoms with Gasteiger partial charge in [-0.2, -0.15) is 4.98 Å². The number of aromatic nitrogens is 2. The maximum atomic E-state index is 15.7. The summed E-state index contributed by atoms with van der Waals surface area (Å²) >= 11 is 0. The lowest BCUT2D eigenvalue weighted by Crippen LogP contribution is -2.23. The zero-order chi connectivity index (χ0) is 19.7. The van der Waals surface area contributed by atoms with Crippen LogP contribution in [-0.2, 0) is 6.42 Å². The molecule has 1 aromatic heterocycles. The molecule has 4 rings (SSSR count). The van der Waals surface area contributed by atoms with E-state index in [-0.39, 0.29) is 11.9 Å². The molecule has 2 aliphatic rings. The molecule has 0 spiro atoms. The Hall–Kier alpha value is -2.67. The topological polar surface area (TPSA) is 71.1 Å². The van der Waals surface area contributed by atoms with E-state index in [0.717, 1.165) is 42.6 Å². The minimum absolute atomic E-state index is 0.198. The number of hydrogen-bond acceptors (Lipinski definition) is 6. The van der Waals surface area contributed by atoms with Crippen molar-refractivity contribution >= 4 is 23.0 Å². The molecule has 1 aromatic carbocycles. The fourth-order valence-electron chi connectivity index (χ4n) is 3.82. The van der Waals surface area contributed by atoms with Crippen molar-refractivity contribution in [2.45, 2.75) is 39.2 Å². The van der Waals surface area contributed by atoms with Crippen LogP contribution in [0.15, 0.2) is 18.2 Å². The Morgan fingerprint density at radius 3 is 2.93 bits per heavy atom. The van der Waals surface area contributed by atoms with E-state index in [9.17, 15) is 0 Å². The van der Waals surface area contributed by atoms with Crippen LogP contribution >= 0.6 is 0 Å².